The Kier molecular flexibility index (Phi) is 46.4. The number of nitrogens with one attached hydrogen (secondary N) is 2. The number of nitrogens with zero attached hydrogens (tertiary/aromatic N) is 7. The van der Waals surface area contributed by atoms with Crippen molar-refractivity contribution in [2.45, 2.75) is 428 Å². The highest BCUT2D eigenvalue weighted by Gasteiger charge is 2.42. The van der Waals surface area contributed by atoms with Gasteiger partial charge < -0.3 is 20.4 Å². The van der Waals surface area contributed by atoms with Crippen molar-refractivity contribution in [2.24, 2.45) is 79.3 Å². The zero-order chi connectivity index (χ0) is 87.9. The van der Waals surface area contributed by atoms with Gasteiger partial charge in [0.1, 0.15) is 0 Å². The molecule has 3 atom stereocenters. The second kappa shape index (κ2) is 46.0. The van der Waals surface area contributed by atoms with Crippen molar-refractivity contribution in [2.75, 3.05) is 119 Å². The quantitative estimate of drug-likeness (QED) is 0.265. The van der Waals surface area contributed by atoms with Crippen molar-refractivity contribution >= 4 is 0 Å². The molecule has 0 radical (unpaired) electrons. The summed E-state index contributed by atoms with van der Waals surface area (Å²) in [6, 6.07) is 10.3. The van der Waals surface area contributed by atoms with Gasteiger partial charge in [0.2, 0.25) is 0 Å². The molecule has 7 fully saturated rings. The third kappa shape index (κ3) is 48.0. The SMILES string of the molecule is CC(C)(C)C1CCC(C(C)(C)C)CC1.CC(C)(C)C1CCN(C(C)(C)C)C1.CC(C)(C)C1CCN(C(C)(C)C)CC1.CC(C)(C)C1CN(C(C)(C)C)C1.CC(C)(C)N1CCNCC1.CC(C)(C)c1ccc(C(C)(C)C)cc1.CC(C)C.CC(C)C.CN1CCN(C(C)(C)C)CC1C(C)(C)C.CN1CCNC(C(C)(C)C)C1. The number of benzene rings is 1. The normalized spacial score (nSPS) is 23.2. The van der Waals surface area contributed by atoms with Gasteiger partial charge in [-0.3, -0.25) is 24.5 Å². The Bertz CT molecular complexity index is 2350. The lowest BCUT2D eigenvalue weighted by atomic mass is 9.64. The molecular formula is C102H211N9. The standard InChI is InChI=1S/C14H28.C14H22.C13H28N2.C13H27N.C12H25N.C11H23N.C9H20N2.C8H18N2.2C4H10/c2*1-13(2,3)11-7-9-12(10-8-11)14(4,5)6;1-12(2,3)11-10-15(13(4,5)6)9-8-14(11)7;1-12(2,3)11-7-9-14(10-8-11)13(4,5)6;1-11(2,3)10-7-8-13(9-10)12(4,5)6;1-10(2,3)9-7-12(8-9)11(4,5)6;1-9(2,3)8-7-11(4)6-5-10-8;1-8(2,3)10-6-4-9-5-7-10;2*1-4(2)3/h11-12H,7-10H2,1-6H3;7-10H,1-6H3;11H,8-10H2,1-7H3;11H,7-10H2,1-6H3;10H,7-9H2,1-6H3;9H,7-8H2,1-6H3;8,10H,5-7H2,1-4H3;9H,4-7H2,1-3H3;2*4H,1-3H3. The average molecular weight is 1560 g/mol. The molecule has 0 amide bonds. The Balaban J connectivity index is 0. The third-order valence-electron chi connectivity index (χ3n) is 25.0. The fourth-order valence-electron chi connectivity index (χ4n) is 15.6. The first-order chi connectivity index (χ1) is 49.2. The molecule has 664 valence electrons. The average Bonchev–Trinajstić information content (AvgIpc) is 0.911. The Morgan fingerprint density at radius 3 is 0.793 bits per heavy atom. The van der Waals surface area contributed by atoms with E-state index in [0.29, 0.717) is 77.7 Å². The fourth-order valence-corrected chi connectivity index (χ4v) is 15.6. The second-order valence-electron chi connectivity index (χ2n) is 51.7. The molecule has 1 saturated carbocycles. The summed E-state index contributed by atoms with van der Waals surface area (Å²) >= 11 is 0. The molecule has 1 aliphatic carbocycles. The molecule has 1 aromatic rings. The molecule has 7 aliphatic rings. The number of hydrogen-bond acceptors (Lipinski definition) is 9. The van der Waals surface area contributed by atoms with Crippen LogP contribution in [0.5, 0.6) is 0 Å². The molecule has 0 spiro atoms. The van der Waals surface area contributed by atoms with Crippen molar-refractivity contribution in [1.82, 2.24) is 44.9 Å². The molecule has 111 heavy (non-hydrogen) atoms. The van der Waals surface area contributed by atoms with Crippen LogP contribution in [0.15, 0.2) is 24.3 Å². The fraction of sp³-hybridized carbons (Fsp3) is 0.941. The van der Waals surface area contributed by atoms with E-state index in [9.17, 15) is 0 Å². The molecule has 2 N–H and O–H groups in total. The van der Waals surface area contributed by atoms with E-state index in [0.717, 1.165) is 61.1 Å². The molecule has 1 aromatic carbocycles. The molecule has 0 aromatic heterocycles. The Hall–Kier alpha value is -1.14. The molecule has 6 heterocycles. The summed E-state index contributed by atoms with van der Waals surface area (Å²) < 4.78 is 0. The van der Waals surface area contributed by atoms with E-state index in [1.165, 1.54) is 141 Å². The van der Waals surface area contributed by atoms with Crippen LogP contribution in [-0.4, -0.2) is 193 Å². The predicted molar refractivity (Wildman–Crippen MR) is 506 cm³/mol. The van der Waals surface area contributed by atoms with Gasteiger partial charge in [-0.05, 0) is 284 Å². The van der Waals surface area contributed by atoms with E-state index in [4.69, 9.17) is 0 Å². The van der Waals surface area contributed by atoms with Crippen LogP contribution < -0.4 is 10.6 Å². The molecule has 6 aliphatic heterocycles. The first-order valence-corrected chi connectivity index (χ1v) is 45.9. The summed E-state index contributed by atoms with van der Waals surface area (Å²) in [6.07, 6.45) is 9.93. The number of likely N-dealkylation sites (tertiary alicyclic amines) is 3. The van der Waals surface area contributed by atoms with Gasteiger partial charge in [0.15, 0.2) is 0 Å². The second-order valence-corrected chi connectivity index (χ2v) is 51.7. The molecule has 9 nitrogen and oxygen atoms in total. The van der Waals surface area contributed by atoms with Crippen LogP contribution in [0.3, 0.4) is 0 Å². The predicted octanol–water partition coefficient (Wildman–Crippen LogP) is 26.0. The van der Waals surface area contributed by atoms with Crippen molar-refractivity contribution in [3.05, 3.63) is 35.4 Å². The summed E-state index contributed by atoms with van der Waals surface area (Å²) in [6.45, 7) is 130. The number of piperidine rings is 1. The minimum atomic E-state index is 0.260. The Labute approximate surface area is 702 Å². The topological polar surface area (TPSA) is 46.7 Å². The van der Waals surface area contributed by atoms with Crippen LogP contribution in [-0.2, 0) is 10.8 Å². The van der Waals surface area contributed by atoms with Gasteiger partial charge in [0.25, 0.3) is 0 Å². The highest BCUT2D eigenvalue weighted by molar-refractivity contribution is 5.31. The number of rotatable bonds is 0. The molecule has 9 heteroatoms. The molecule has 8 rings (SSSR count). The molecule has 6 saturated heterocycles. The number of hydrogen-bond donors (Lipinski definition) is 2. The first-order valence-electron chi connectivity index (χ1n) is 45.9. The zero-order valence-corrected chi connectivity index (χ0v) is 85.9. The summed E-state index contributed by atoms with van der Waals surface area (Å²) in [5.74, 6) is 6.28. The monoisotopic (exact) mass is 1560 g/mol. The van der Waals surface area contributed by atoms with E-state index < -0.39 is 0 Å². The van der Waals surface area contributed by atoms with E-state index in [1.807, 2.05) is 0 Å². The van der Waals surface area contributed by atoms with Gasteiger partial charge in [-0.25, -0.2) is 0 Å². The van der Waals surface area contributed by atoms with Crippen LogP contribution in [0.25, 0.3) is 0 Å². The lowest BCUT2D eigenvalue weighted by Crippen LogP contribution is -2.60. The molecule has 0 bridgehead atoms. The lowest BCUT2D eigenvalue weighted by molar-refractivity contribution is -0.0345. The number of piperazine rings is 3. The maximum atomic E-state index is 3.55. The van der Waals surface area contributed by atoms with E-state index in [1.54, 1.807) is 0 Å². The summed E-state index contributed by atoms with van der Waals surface area (Å²) in [7, 11) is 4.45. The smallest absolute Gasteiger partial charge is 0.0269 e. The Morgan fingerprint density at radius 1 is 0.270 bits per heavy atom. The highest BCUT2D eigenvalue weighted by Crippen LogP contribution is 2.46. The summed E-state index contributed by atoms with van der Waals surface area (Å²) in [5, 5.41) is 6.89. The van der Waals surface area contributed by atoms with Gasteiger partial charge >= 0.3 is 0 Å². The van der Waals surface area contributed by atoms with Gasteiger partial charge in [0.05, 0.1) is 0 Å². The Morgan fingerprint density at radius 2 is 0.550 bits per heavy atom. The van der Waals surface area contributed by atoms with Gasteiger partial charge in [-0.2, -0.15) is 0 Å². The van der Waals surface area contributed by atoms with E-state index in [-0.39, 0.29) is 10.8 Å². The van der Waals surface area contributed by atoms with E-state index >= 15 is 0 Å². The van der Waals surface area contributed by atoms with Gasteiger partial charge in [-0.1, -0.05) is 253 Å². The van der Waals surface area contributed by atoms with Crippen molar-refractivity contribution in [1.29, 1.82) is 0 Å². The van der Waals surface area contributed by atoms with Crippen LogP contribution in [0.2, 0.25) is 0 Å². The summed E-state index contributed by atoms with van der Waals surface area (Å²) in [5.41, 5.74) is 8.44. The molecule has 3 unspecified atom stereocenters. The van der Waals surface area contributed by atoms with Crippen LogP contribution in [0, 0.1) is 79.3 Å². The van der Waals surface area contributed by atoms with Gasteiger partial charge in [-0.15, -0.1) is 0 Å². The van der Waals surface area contributed by atoms with Crippen LogP contribution in [0.4, 0.5) is 0 Å². The third-order valence-corrected chi connectivity index (χ3v) is 25.0. The van der Waals surface area contributed by atoms with Crippen molar-refractivity contribution in [3.63, 3.8) is 0 Å². The minimum Gasteiger partial charge on any atom is -0.314 e. The maximum Gasteiger partial charge on any atom is 0.0269 e. The number of likely N-dealkylation sites (N-methyl/N-ethyl adjacent to an activating group) is 2. The van der Waals surface area contributed by atoms with E-state index in [2.05, 4.69) is 416 Å². The minimum absolute atomic E-state index is 0.260. The zero-order valence-electron chi connectivity index (χ0n) is 85.9. The van der Waals surface area contributed by atoms with Crippen molar-refractivity contribution < 1.29 is 0 Å². The largest absolute Gasteiger partial charge is 0.314 e. The molecular weight excluding hydrogens is 1350 g/mol. The van der Waals surface area contributed by atoms with Crippen molar-refractivity contribution in [3.8, 4) is 0 Å². The van der Waals surface area contributed by atoms with Crippen LogP contribution in [0.1, 0.15) is 388 Å². The van der Waals surface area contributed by atoms with Crippen LogP contribution >= 0.6 is 0 Å². The first kappa shape index (κ1) is 112. The van der Waals surface area contributed by atoms with Gasteiger partial charge in [0, 0.05) is 125 Å². The highest BCUT2D eigenvalue weighted by atomic mass is 15.3. The lowest BCUT2D eigenvalue weighted by Gasteiger charge is -2.52. The summed E-state index contributed by atoms with van der Waals surface area (Å²) in [4.78, 5) is 17.8. The maximum absolute atomic E-state index is 3.55.